The molecule has 0 amide bonds. The first-order chi connectivity index (χ1) is 16.7. The summed E-state index contributed by atoms with van der Waals surface area (Å²) in [5, 5.41) is 80.0. The third-order valence-corrected chi connectivity index (χ3v) is 6.26. The Morgan fingerprint density at radius 2 is 1.58 bits per heavy atom. The van der Waals surface area contributed by atoms with Crippen LogP contribution >= 0.6 is 0 Å². The normalized spacial score (nSPS) is 42.4. The molecule has 0 aliphatic carbocycles. The summed E-state index contributed by atoms with van der Waals surface area (Å²) in [5.74, 6) is -2.80. The van der Waals surface area contributed by atoms with Gasteiger partial charge >= 0.3 is 0 Å². The molecule has 0 aromatic heterocycles. The molecule has 2 saturated heterocycles. The Morgan fingerprint density at radius 1 is 1.00 bits per heavy atom. The predicted octanol–water partition coefficient (Wildman–Crippen LogP) is -9.26. The number of hydrogen-bond donors (Lipinski definition) is 13. The fourth-order valence-corrected chi connectivity index (χ4v) is 3.87. The monoisotopic (exact) mass is 531 g/mol. The number of aliphatic hydroxyl groups is 8. The van der Waals surface area contributed by atoms with Gasteiger partial charge in [-0.05, 0) is 0 Å². The van der Waals surface area contributed by atoms with Gasteiger partial charge in [-0.2, -0.15) is 0 Å². The van der Waals surface area contributed by atoms with Gasteiger partial charge in [0.25, 0.3) is 5.91 Å². The van der Waals surface area contributed by atoms with E-state index in [0.717, 1.165) is 0 Å². The van der Waals surface area contributed by atoms with Crippen LogP contribution in [0.5, 0.6) is 0 Å². The molecule has 18 N–H and O–H groups in total. The maximum Gasteiger partial charge on any atom is 0.261 e. The van der Waals surface area contributed by atoms with E-state index in [2.05, 4.69) is 0 Å². The van der Waals surface area contributed by atoms with Crippen molar-refractivity contribution in [3.8, 4) is 0 Å². The van der Waals surface area contributed by atoms with Crippen molar-refractivity contribution >= 4 is 6.29 Å². The fourth-order valence-electron chi connectivity index (χ4n) is 3.87. The van der Waals surface area contributed by atoms with Gasteiger partial charge in [-0.25, -0.2) is 0 Å². The van der Waals surface area contributed by atoms with Crippen LogP contribution in [0.2, 0.25) is 0 Å². The van der Waals surface area contributed by atoms with Gasteiger partial charge in [0.15, 0.2) is 12.0 Å². The maximum absolute atomic E-state index is 11.0. The molecule has 0 aromatic carbocycles. The Hall–Kier alpha value is -1.01. The van der Waals surface area contributed by atoms with Gasteiger partial charge < -0.3 is 87.5 Å². The topological polar surface area (TPSA) is 346 Å². The zero-order valence-electron chi connectivity index (χ0n) is 19.1. The van der Waals surface area contributed by atoms with E-state index >= 15 is 0 Å². The first-order valence-electron chi connectivity index (χ1n) is 10.9. The molecule has 0 radical (unpaired) electrons. The third kappa shape index (κ3) is 5.85. The highest BCUT2D eigenvalue weighted by Crippen LogP contribution is 2.36. The molecule has 0 spiro atoms. The lowest BCUT2D eigenvalue weighted by atomic mass is 9.88. The second-order valence-corrected chi connectivity index (χ2v) is 8.81. The summed E-state index contributed by atoms with van der Waals surface area (Å²) in [4.78, 5) is 11.0. The van der Waals surface area contributed by atoms with Crippen molar-refractivity contribution in [1.82, 2.24) is 0 Å². The first kappa shape index (κ1) is 31.2. The van der Waals surface area contributed by atoms with Crippen LogP contribution in [0, 0.1) is 0 Å². The number of hydrogen-bond acceptors (Lipinski definition) is 18. The number of ether oxygens (including phenoxy) is 4. The van der Waals surface area contributed by atoms with Gasteiger partial charge in [-0.15, -0.1) is 0 Å². The Labute approximate surface area is 205 Å². The third-order valence-electron chi connectivity index (χ3n) is 6.26. The summed E-state index contributed by atoms with van der Waals surface area (Å²) in [6.07, 6.45) is -17.0. The smallest absolute Gasteiger partial charge is 0.261 e. The van der Waals surface area contributed by atoms with Crippen LogP contribution in [0.3, 0.4) is 0 Å². The van der Waals surface area contributed by atoms with Crippen molar-refractivity contribution in [2.45, 2.75) is 84.9 Å². The highest BCUT2D eigenvalue weighted by molar-refractivity contribution is 5.58. The molecule has 13 atom stereocenters. The van der Waals surface area contributed by atoms with Crippen LogP contribution in [0.4, 0.5) is 0 Å². The zero-order chi connectivity index (χ0) is 27.6. The molecule has 0 unspecified atom stereocenters. The van der Waals surface area contributed by atoms with Gasteiger partial charge in [0, 0.05) is 0 Å². The molecule has 2 fully saturated rings. The van der Waals surface area contributed by atoms with E-state index in [4.69, 9.17) is 47.6 Å². The maximum atomic E-state index is 11.0. The molecule has 2 aliphatic rings. The lowest BCUT2D eigenvalue weighted by Gasteiger charge is -2.55. The minimum Gasteiger partial charge on any atom is -0.394 e. The van der Waals surface area contributed by atoms with Crippen molar-refractivity contribution in [3.63, 3.8) is 0 Å². The standard InChI is InChI=1S/C18H37N5O13/c19-5(1-24)10(29)13(6(28)2-25)36-18(23)17(21,22)15(32)14(8(4-27)35-18)34-16-9(20)12(31)11(30)7(3-26)33-16/h1,5-16,25-32H,2-4,19-23H2/t5-,6+,7+,8+,9+,10+,11+,12+,13+,14+,15-,16-,18-/m0/s1. The van der Waals surface area contributed by atoms with Crippen LogP contribution in [-0.2, 0) is 23.7 Å². The molecule has 36 heavy (non-hydrogen) atoms. The molecule has 0 saturated carbocycles. The van der Waals surface area contributed by atoms with E-state index in [1.165, 1.54) is 0 Å². The van der Waals surface area contributed by atoms with E-state index in [-0.39, 0.29) is 6.29 Å². The van der Waals surface area contributed by atoms with Crippen LogP contribution < -0.4 is 28.7 Å². The van der Waals surface area contributed by atoms with E-state index in [9.17, 15) is 45.6 Å². The van der Waals surface area contributed by atoms with Crippen molar-refractivity contribution < 1.29 is 64.6 Å². The number of aldehydes is 1. The second-order valence-electron chi connectivity index (χ2n) is 8.81. The Morgan fingerprint density at radius 3 is 2.08 bits per heavy atom. The van der Waals surface area contributed by atoms with Gasteiger partial charge in [-0.3, -0.25) is 5.73 Å². The van der Waals surface area contributed by atoms with E-state index in [1.54, 1.807) is 0 Å². The minimum atomic E-state index is -2.80. The number of nitrogens with two attached hydrogens (primary N) is 5. The molecule has 2 aliphatic heterocycles. The number of carbonyl (C=O) groups is 1. The van der Waals surface area contributed by atoms with Crippen LogP contribution in [0.25, 0.3) is 0 Å². The predicted molar refractivity (Wildman–Crippen MR) is 115 cm³/mol. The molecule has 212 valence electrons. The number of carbonyl (C=O) groups excluding carboxylic acids is 1. The molecular formula is C18H37N5O13. The van der Waals surface area contributed by atoms with Gasteiger partial charge in [0.2, 0.25) is 0 Å². The summed E-state index contributed by atoms with van der Waals surface area (Å²) in [5.41, 5.74) is 26.7. The average molecular weight is 532 g/mol. The lowest BCUT2D eigenvalue weighted by Crippen LogP contribution is -2.86. The minimum absolute atomic E-state index is 0.127. The van der Waals surface area contributed by atoms with Crippen LogP contribution in [-0.4, -0.2) is 152 Å². The van der Waals surface area contributed by atoms with Crippen molar-refractivity contribution in [2.75, 3.05) is 19.8 Å². The molecule has 18 nitrogen and oxygen atoms in total. The van der Waals surface area contributed by atoms with Gasteiger partial charge in [0.05, 0.1) is 31.9 Å². The summed E-state index contributed by atoms with van der Waals surface area (Å²) in [7, 11) is 0. The zero-order valence-corrected chi connectivity index (χ0v) is 19.1. The van der Waals surface area contributed by atoms with Crippen LogP contribution in [0.1, 0.15) is 0 Å². The first-order valence-corrected chi connectivity index (χ1v) is 10.9. The summed E-state index contributed by atoms with van der Waals surface area (Å²) in [6.45, 7) is -2.64. The SMILES string of the molecule is N[C@H]1[C@H](O[C@@H]2[C@@H](CO)O[C@](N)(O[C@@H]([C@H](O)[C@@H](N)C=O)[C@H](O)CO)C(N)(N)[C@H]2O)O[C@H](CO)[C@@H](O)[C@@H]1O. The highest BCUT2D eigenvalue weighted by atomic mass is 16.8. The van der Waals surface area contributed by atoms with Crippen LogP contribution in [0.15, 0.2) is 0 Å². The Bertz CT molecular complexity index is 723. The van der Waals surface area contributed by atoms with Crippen molar-refractivity contribution in [1.29, 1.82) is 0 Å². The number of rotatable bonds is 11. The quantitative estimate of drug-likeness (QED) is 0.0868. The molecule has 2 heterocycles. The summed E-state index contributed by atoms with van der Waals surface area (Å²) in [6, 6.07) is -3.02. The highest BCUT2D eigenvalue weighted by Gasteiger charge is 2.63. The van der Waals surface area contributed by atoms with Gasteiger partial charge in [0.1, 0.15) is 61.2 Å². The molecular weight excluding hydrogens is 494 g/mol. The van der Waals surface area contributed by atoms with Gasteiger partial charge in [-0.1, -0.05) is 0 Å². The Balaban J connectivity index is 2.34. The molecule has 0 bridgehead atoms. The molecule has 2 rings (SSSR count). The van der Waals surface area contributed by atoms with E-state index < -0.39 is 105 Å². The Kier molecular flexibility index (Phi) is 10.6. The summed E-state index contributed by atoms with van der Waals surface area (Å²) >= 11 is 0. The van der Waals surface area contributed by atoms with Crippen molar-refractivity contribution in [3.05, 3.63) is 0 Å². The van der Waals surface area contributed by atoms with E-state index in [1.807, 2.05) is 0 Å². The van der Waals surface area contributed by atoms with Crippen molar-refractivity contribution in [2.24, 2.45) is 28.7 Å². The second kappa shape index (κ2) is 12.2. The summed E-state index contributed by atoms with van der Waals surface area (Å²) < 4.78 is 21.8. The van der Waals surface area contributed by atoms with E-state index in [0.29, 0.717) is 0 Å². The average Bonchev–Trinajstić information content (AvgIpc) is 2.86. The lowest BCUT2D eigenvalue weighted by molar-refractivity contribution is -0.395. The molecule has 0 aromatic rings. The number of aliphatic hydroxyl groups excluding tert-OH is 8. The molecule has 18 heteroatoms. The largest absolute Gasteiger partial charge is 0.394 e. The fraction of sp³-hybridized carbons (Fsp3) is 0.944.